The second kappa shape index (κ2) is 5.36. The molecule has 0 amide bonds. The molecule has 2 rings (SSSR count). The molecule has 0 aromatic heterocycles. The van der Waals surface area contributed by atoms with Crippen molar-refractivity contribution >= 4 is 11.8 Å². The van der Waals surface area contributed by atoms with Crippen LogP contribution < -0.4 is 5.32 Å². The summed E-state index contributed by atoms with van der Waals surface area (Å²) in [6.07, 6.45) is 2.76. The quantitative estimate of drug-likeness (QED) is 0.829. The Labute approximate surface area is 105 Å². The van der Waals surface area contributed by atoms with Crippen LogP contribution in [0.2, 0.25) is 0 Å². The maximum absolute atomic E-state index is 14.0. The molecule has 1 atom stereocenters. The van der Waals surface area contributed by atoms with E-state index in [0.717, 1.165) is 24.4 Å². The van der Waals surface area contributed by atoms with Gasteiger partial charge in [-0.3, -0.25) is 0 Å². The summed E-state index contributed by atoms with van der Waals surface area (Å²) in [5.74, 6) is -2.60. The van der Waals surface area contributed by atoms with Crippen molar-refractivity contribution in [2.75, 3.05) is 19.3 Å². The molecule has 4 heteroatoms. The van der Waals surface area contributed by atoms with Gasteiger partial charge in [0.2, 0.25) is 0 Å². The molecule has 17 heavy (non-hydrogen) atoms. The predicted octanol–water partition coefficient (Wildman–Crippen LogP) is 3.50. The van der Waals surface area contributed by atoms with Crippen molar-refractivity contribution in [2.45, 2.75) is 23.7 Å². The molecule has 94 valence electrons. The first-order valence-corrected chi connectivity index (χ1v) is 7.07. The van der Waals surface area contributed by atoms with Gasteiger partial charge < -0.3 is 5.32 Å². The van der Waals surface area contributed by atoms with Gasteiger partial charge in [-0.05, 0) is 43.8 Å². The Morgan fingerprint density at radius 3 is 2.59 bits per heavy atom. The highest BCUT2D eigenvalue weighted by Gasteiger charge is 2.35. The fraction of sp³-hybridized carbons (Fsp3) is 0.538. The van der Waals surface area contributed by atoms with Crippen LogP contribution in [0.3, 0.4) is 0 Å². The molecule has 1 nitrogen and oxygen atoms in total. The van der Waals surface area contributed by atoms with Crippen molar-refractivity contribution in [3.63, 3.8) is 0 Å². The van der Waals surface area contributed by atoms with E-state index in [0.29, 0.717) is 0 Å². The van der Waals surface area contributed by atoms with Crippen LogP contribution in [0.5, 0.6) is 0 Å². The molecule has 1 heterocycles. The van der Waals surface area contributed by atoms with Crippen LogP contribution >= 0.6 is 11.8 Å². The average molecular weight is 257 g/mol. The zero-order valence-corrected chi connectivity index (χ0v) is 10.7. The summed E-state index contributed by atoms with van der Waals surface area (Å²) in [6.45, 7) is 1.59. The Morgan fingerprint density at radius 1 is 1.35 bits per heavy atom. The summed E-state index contributed by atoms with van der Waals surface area (Å²) in [7, 11) is 0. The smallest absolute Gasteiger partial charge is 0.273 e. The van der Waals surface area contributed by atoms with Crippen LogP contribution in [0, 0.1) is 5.92 Å². The lowest BCUT2D eigenvalue weighted by Gasteiger charge is -2.20. The van der Waals surface area contributed by atoms with E-state index < -0.39 is 5.92 Å². The summed E-state index contributed by atoms with van der Waals surface area (Å²) in [4.78, 5) is 1.02. The van der Waals surface area contributed by atoms with Gasteiger partial charge in [-0.1, -0.05) is 12.1 Å². The molecule has 0 radical (unpaired) electrons. The molecule has 1 aliphatic rings. The molecule has 0 spiro atoms. The Bertz CT molecular complexity index is 358. The predicted molar refractivity (Wildman–Crippen MR) is 67.7 cm³/mol. The van der Waals surface area contributed by atoms with Crippen molar-refractivity contribution < 1.29 is 8.78 Å². The van der Waals surface area contributed by atoms with Crippen LogP contribution in [0.15, 0.2) is 29.2 Å². The van der Waals surface area contributed by atoms with Crippen molar-refractivity contribution in [2.24, 2.45) is 5.92 Å². The third-order valence-electron chi connectivity index (χ3n) is 3.22. The third-order valence-corrected chi connectivity index (χ3v) is 3.96. The van der Waals surface area contributed by atoms with E-state index in [1.165, 1.54) is 0 Å². The van der Waals surface area contributed by atoms with Crippen LogP contribution in [0.1, 0.15) is 18.4 Å². The molecule has 1 aliphatic heterocycles. The molecule has 0 bridgehead atoms. The lowest BCUT2D eigenvalue weighted by Crippen LogP contribution is -2.20. The van der Waals surface area contributed by atoms with E-state index >= 15 is 0 Å². The normalized spacial score (nSPS) is 20.8. The van der Waals surface area contributed by atoms with Crippen LogP contribution in [0.4, 0.5) is 8.78 Å². The Balaban J connectivity index is 2.06. The Kier molecular flexibility index (Phi) is 4.05. The first-order chi connectivity index (χ1) is 8.12. The minimum absolute atomic E-state index is 0.0430. The molecule has 1 fully saturated rings. The SMILES string of the molecule is CSc1ccc(C(F)(F)CC2CCNC2)cc1. The topological polar surface area (TPSA) is 12.0 Å². The zero-order chi connectivity index (χ0) is 12.3. The number of alkyl halides is 2. The standard InChI is InChI=1S/C13H17F2NS/c1-17-12-4-2-11(3-5-12)13(14,15)8-10-6-7-16-9-10/h2-5,10,16H,6-9H2,1H3. The van der Waals surface area contributed by atoms with Gasteiger partial charge in [0, 0.05) is 16.9 Å². The number of halogens is 2. The van der Waals surface area contributed by atoms with Gasteiger partial charge in [0.1, 0.15) is 0 Å². The maximum Gasteiger partial charge on any atom is 0.273 e. The maximum atomic E-state index is 14.0. The van der Waals surface area contributed by atoms with E-state index in [9.17, 15) is 8.78 Å². The Hall–Kier alpha value is -0.610. The molecular weight excluding hydrogens is 240 g/mol. The lowest BCUT2D eigenvalue weighted by atomic mass is 9.95. The van der Waals surface area contributed by atoms with Crippen molar-refractivity contribution in [1.82, 2.24) is 5.32 Å². The van der Waals surface area contributed by atoms with Gasteiger partial charge in [-0.2, -0.15) is 0 Å². The summed E-state index contributed by atoms with van der Waals surface area (Å²) >= 11 is 1.57. The average Bonchev–Trinajstić information content (AvgIpc) is 2.81. The summed E-state index contributed by atoms with van der Waals surface area (Å²) < 4.78 is 28.0. The molecule has 0 aliphatic carbocycles. The van der Waals surface area contributed by atoms with Crippen LogP contribution in [-0.4, -0.2) is 19.3 Å². The zero-order valence-electron chi connectivity index (χ0n) is 9.88. The fourth-order valence-electron chi connectivity index (χ4n) is 2.20. The third kappa shape index (κ3) is 3.19. The number of benzene rings is 1. The monoisotopic (exact) mass is 257 g/mol. The number of thioether (sulfide) groups is 1. The molecule has 1 unspecified atom stereocenters. The van der Waals surface area contributed by atoms with Gasteiger partial charge >= 0.3 is 0 Å². The van der Waals surface area contributed by atoms with Gasteiger partial charge in [0.25, 0.3) is 5.92 Å². The second-order valence-electron chi connectivity index (χ2n) is 4.50. The largest absolute Gasteiger partial charge is 0.316 e. The van der Waals surface area contributed by atoms with Crippen LogP contribution in [0.25, 0.3) is 0 Å². The van der Waals surface area contributed by atoms with E-state index in [-0.39, 0.29) is 17.9 Å². The van der Waals surface area contributed by atoms with Gasteiger partial charge in [-0.15, -0.1) is 11.8 Å². The first kappa shape index (κ1) is 12.8. The lowest BCUT2D eigenvalue weighted by molar-refractivity contribution is -0.0268. The second-order valence-corrected chi connectivity index (χ2v) is 5.38. The molecule has 1 N–H and O–H groups in total. The molecule has 1 saturated heterocycles. The minimum atomic E-state index is -2.70. The van der Waals surface area contributed by atoms with Gasteiger partial charge in [-0.25, -0.2) is 8.78 Å². The Morgan fingerprint density at radius 2 is 2.06 bits per heavy atom. The van der Waals surface area contributed by atoms with E-state index in [4.69, 9.17) is 0 Å². The highest BCUT2D eigenvalue weighted by molar-refractivity contribution is 7.98. The van der Waals surface area contributed by atoms with Crippen molar-refractivity contribution in [3.8, 4) is 0 Å². The fourth-order valence-corrected chi connectivity index (χ4v) is 2.61. The van der Waals surface area contributed by atoms with Crippen molar-refractivity contribution in [3.05, 3.63) is 29.8 Å². The number of nitrogens with one attached hydrogen (secondary N) is 1. The van der Waals surface area contributed by atoms with Crippen molar-refractivity contribution in [1.29, 1.82) is 0 Å². The van der Waals surface area contributed by atoms with Gasteiger partial charge in [0.15, 0.2) is 0 Å². The van der Waals surface area contributed by atoms with E-state index in [1.807, 2.05) is 6.26 Å². The molecule has 1 aromatic carbocycles. The van der Waals surface area contributed by atoms with Crippen LogP contribution in [-0.2, 0) is 5.92 Å². The number of hydrogen-bond acceptors (Lipinski definition) is 2. The number of hydrogen-bond donors (Lipinski definition) is 1. The highest BCUT2D eigenvalue weighted by atomic mass is 32.2. The van der Waals surface area contributed by atoms with E-state index in [2.05, 4.69) is 5.32 Å². The summed E-state index contributed by atoms with van der Waals surface area (Å²) in [5.41, 5.74) is 0.141. The highest BCUT2D eigenvalue weighted by Crippen LogP contribution is 2.36. The number of rotatable bonds is 4. The van der Waals surface area contributed by atoms with Gasteiger partial charge in [0.05, 0.1) is 0 Å². The van der Waals surface area contributed by atoms with E-state index in [1.54, 1.807) is 36.0 Å². The molecule has 0 saturated carbocycles. The first-order valence-electron chi connectivity index (χ1n) is 5.85. The summed E-state index contributed by atoms with van der Waals surface area (Å²) in [6, 6.07) is 6.63. The summed E-state index contributed by atoms with van der Waals surface area (Å²) in [5, 5.41) is 3.13. The molecular formula is C13H17F2NS. The minimum Gasteiger partial charge on any atom is -0.316 e. The molecule has 1 aromatic rings.